The molecule has 6 aromatic rings. The fourth-order valence-corrected chi connectivity index (χ4v) is 7.67. The second-order valence-corrected chi connectivity index (χ2v) is 17.4. The predicted octanol–water partition coefficient (Wildman–Crippen LogP) is 16.2. The van der Waals surface area contributed by atoms with E-state index in [1.54, 1.807) is 42.3 Å². The van der Waals surface area contributed by atoms with Crippen LogP contribution in [0.5, 0.6) is 0 Å². The topological polar surface area (TPSA) is 87.4 Å². The van der Waals surface area contributed by atoms with Crippen LogP contribution in [-0.4, -0.2) is 51.8 Å². The minimum atomic E-state index is -0.339. The Bertz CT molecular complexity index is 2140. The number of benzene rings is 4. The van der Waals surface area contributed by atoms with E-state index in [0.717, 1.165) is 45.9 Å². The number of hydrogen-bond donors (Lipinski definition) is 0. The molecule has 0 aliphatic rings. The number of aryl methyl sites for hydroxylation is 1. The molecule has 62 heavy (non-hydrogen) atoms. The summed E-state index contributed by atoms with van der Waals surface area (Å²) in [6.45, 7) is 25.9. The SMILES string of the molecule is CCc1oc2ccccc2c1-c1cn(Cc2ccccc2)c(C([N-]c2c(C(C)C)cccc2C(C)C)c2c(C(C)C)cc(C(C)C)cc2C(C)C)n1.C[N-]C.C[N-]C.C[N-]C.[Hf]. The fraction of sp³-hybridized carbons (Fsp3) is 0.463. The van der Waals surface area contributed by atoms with Crippen molar-refractivity contribution in [3.05, 3.63) is 163 Å². The molecule has 336 valence electrons. The van der Waals surface area contributed by atoms with Crippen LogP contribution in [0.25, 0.3) is 43.5 Å². The third kappa shape index (κ3) is 13.8. The van der Waals surface area contributed by atoms with Gasteiger partial charge in [-0.2, -0.15) is 42.3 Å². The van der Waals surface area contributed by atoms with Crippen LogP contribution in [-0.2, 0) is 38.8 Å². The van der Waals surface area contributed by atoms with Gasteiger partial charge in [0.1, 0.15) is 11.3 Å². The smallest absolute Gasteiger partial charge is 0.134 e. The van der Waals surface area contributed by atoms with E-state index in [-0.39, 0.29) is 31.9 Å². The first kappa shape index (κ1) is 54.3. The Kier molecular flexibility index (Phi) is 23.4. The average Bonchev–Trinajstić information content (AvgIpc) is 3.81. The van der Waals surface area contributed by atoms with Crippen molar-refractivity contribution in [2.45, 2.75) is 125 Å². The van der Waals surface area contributed by atoms with Crippen LogP contribution >= 0.6 is 0 Å². The zero-order chi connectivity index (χ0) is 45.4. The molecule has 0 spiro atoms. The summed E-state index contributed by atoms with van der Waals surface area (Å²) in [5, 5.41) is 17.6. The van der Waals surface area contributed by atoms with Crippen molar-refractivity contribution in [1.29, 1.82) is 0 Å². The Morgan fingerprint density at radius 2 is 1.08 bits per heavy atom. The van der Waals surface area contributed by atoms with Crippen LogP contribution in [0.2, 0.25) is 0 Å². The first-order chi connectivity index (χ1) is 29.1. The number of hydrogen-bond acceptors (Lipinski definition) is 2. The van der Waals surface area contributed by atoms with E-state index >= 15 is 0 Å². The number of imidazole rings is 1. The van der Waals surface area contributed by atoms with Gasteiger partial charge >= 0.3 is 0 Å². The second kappa shape index (κ2) is 26.7. The molecule has 1 unspecified atom stereocenters. The fourth-order valence-electron chi connectivity index (χ4n) is 7.67. The standard InChI is InChI=1S/C48H58N3O.3C2H6N.Hf/c1-12-42-45(38-21-16-17-24-43(38)52-42)41-28-51(27-34-19-14-13-15-20-34)48(49-41)47(50-46-36(30(4)5)22-18-23-37(46)31(6)7)44-39(32(8)9)25-35(29(2)3)26-40(44)33(10)11;3*1-3-2;/h13-26,28-33,47H,12,27H2,1-11H3;3*1-2H3;/q4*-1;. The van der Waals surface area contributed by atoms with E-state index in [1.165, 1.54) is 38.9 Å². The molecular weight excluding hydrogens is 927 g/mol. The maximum Gasteiger partial charge on any atom is 0.134 e. The van der Waals surface area contributed by atoms with Crippen LogP contribution < -0.4 is 0 Å². The van der Waals surface area contributed by atoms with Crippen molar-refractivity contribution in [2.24, 2.45) is 0 Å². The van der Waals surface area contributed by atoms with Crippen molar-refractivity contribution in [1.82, 2.24) is 9.55 Å². The van der Waals surface area contributed by atoms with Gasteiger partial charge in [0.25, 0.3) is 0 Å². The third-order valence-corrected chi connectivity index (χ3v) is 10.5. The molecule has 0 aliphatic carbocycles. The average molecular weight is 1000 g/mol. The second-order valence-electron chi connectivity index (χ2n) is 17.4. The van der Waals surface area contributed by atoms with E-state index in [1.807, 2.05) is 6.07 Å². The van der Waals surface area contributed by atoms with Crippen molar-refractivity contribution in [2.75, 3.05) is 42.3 Å². The molecule has 0 saturated heterocycles. The van der Waals surface area contributed by atoms with Gasteiger partial charge in [0.05, 0.1) is 17.1 Å². The van der Waals surface area contributed by atoms with Crippen LogP contribution in [0.4, 0.5) is 5.69 Å². The minimum Gasteiger partial charge on any atom is -0.671 e. The van der Waals surface area contributed by atoms with Gasteiger partial charge in [0, 0.05) is 50.4 Å². The molecule has 0 radical (unpaired) electrons. The predicted molar refractivity (Wildman–Crippen MR) is 266 cm³/mol. The zero-order valence-electron chi connectivity index (χ0n) is 41.1. The number of aromatic nitrogens is 2. The Balaban J connectivity index is 0.00000122. The largest absolute Gasteiger partial charge is 0.671 e. The first-order valence-electron chi connectivity index (χ1n) is 22.2. The Morgan fingerprint density at radius 3 is 1.55 bits per heavy atom. The monoisotopic (exact) mass is 1000 g/mol. The van der Waals surface area contributed by atoms with Crippen LogP contribution in [0.1, 0.15) is 162 Å². The molecule has 7 nitrogen and oxygen atoms in total. The summed E-state index contributed by atoms with van der Waals surface area (Å²) >= 11 is 0. The molecule has 0 N–H and O–H groups in total. The summed E-state index contributed by atoms with van der Waals surface area (Å²) in [5.74, 6) is 3.58. The molecule has 8 heteroatoms. The molecule has 0 aliphatic heterocycles. The number of nitrogens with zero attached hydrogens (tertiary/aromatic N) is 6. The molecule has 6 rings (SSSR count). The van der Waals surface area contributed by atoms with Crippen molar-refractivity contribution < 1.29 is 30.3 Å². The Morgan fingerprint density at radius 1 is 0.597 bits per heavy atom. The van der Waals surface area contributed by atoms with Crippen LogP contribution in [0.3, 0.4) is 0 Å². The summed E-state index contributed by atoms with van der Waals surface area (Å²) in [4.78, 5) is 5.70. The van der Waals surface area contributed by atoms with E-state index in [2.05, 4.69) is 182 Å². The van der Waals surface area contributed by atoms with Crippen LogP contribution in [0, 0.1) is 0 Å². The molecule has 0 amide bonds. The quantitative estimate of drug-likeness (QED) is 0.108. The minimum absolute atomic E-state index is 0. The maximum atomic E-state index is 6.46. The molecule has 2 aromatic heterocycles. The molecular formula is C54H76HfN6O-4. The van der Waals surface area contributed by atoms with Gasteiger partial charge in [-0.15, -0.1) is 5.69 Å². The Labute approximate surface area is 395 Å². The summed E-state index contributed by atoms with van der Waals surface area (Å²) < 4.78 is 8.83. The van der Waals surface area contributed by atoms with Gasteiger partial charge in [-0.25, -0.2) is 4.98 Å². The maximum absolute atomic E-state index is 6.46. The van der Waals surface area contributed by atoms with Gasteiger partial charge in [0.15, 0.2) is 0 Å². The summed E-state index contributed by atoms with van der Waals surface area (Å²) in [7, 11) is 10.5. The van der Waals surface area contributed by atoms with Crippen LogP contribution in [0.15, 0.2) is 95.5 Å². The van der Waals surface area contributed by atoms with Gasteiger partial charge in [0.2, 0.25) is 0 Å². The first-order valence-corrected chi connectivity index (χ1v) is 22.2. The normalized spacial score (nSPS) is 11.5. The molecule has 2 heterocycles. The van der Waals surface area contributed by atoms with E-state index in [9.17, 15) is 0 Å². The molecule has 0 saturated carbocycles. The van der Waals surface area contributed by atoms with Crippen molar-refractivity contribution in [3.63, 3.8) is 0 Å². The molecule has 0 bridgehead atoms. The summed E-state index contributed by atoms with van der Waals surface area (Å²) in [6.07, 6.45) is 3.04. The van der Waals surface area contributed by atoms with Gasteiger partial charge < -0.3 is 30.3 Å². The molecule has 0 fully saturated rings. The number of fused-ring (bicyclic) bond motifs is 1. The summed E-state index contributed by atoms with van der Waals surface area (Å²) in [6, 6.07) is 30.5. The van der Waals surface area contributed by atoms with E-state index in [0.29, 0.717) is 36.1 Å². The third-order valence-electron chi connectivity index (χ3n) is 10.5. The molecule has 1 atom stereocenters. The Hall–Kier alpha value is -3.82. The van der Waals surface area contributed by atoms with Crippen molar-refractivity contribution >= 4 is 16.7 Å². The summed E-state index contributed by atoms with van der Waals surface area (Å²) in [5.41, 5.74) is 13.2. The van der Waals surface area contributed by atoms with E-state index < -0.39 is 0 Å². The number of para-hydroxylation sites is 2. The number of rotatable bonds is 13. The zero-order valence-corrected chi connectivity index (χ0v) is 44.7. The number of furan rings is 1. The van der Waals surface area contributed by atoms with Gasteiger partial charge in [-0.05, 0) is 69.5 Å². The van der Waals surface area contributed by atoms with Crippen molar-refractivity contribution in [3.8, 4) is 11.3 Å². The van der Waals surface area contributed by atoms with Gasteiger partial charge in [-0.1, -0.05) is 166 Å². The van der Waals surface area contributed by atoms with Gasteiger partial charge in [-0.3, -0.25) is 0 Å². The molecule has 4 aromatic carbocycles. The van der Waals surface area contributed by atoms with E-state index in [4.69, 9.17) is 14.7 Å².